The van der Waals surface area contributed by atoms with Gasteiger partial charge < -0.3 is 10.1 Å². The summed E-state index contributed by atoms with van der Waals surface area (Å²) in [7, 11) is 0. The summed E-state index contributed by atoms with van der Waals surface area (Å²) in [6.45, 7) is 4.75. The minimum absolute atomic E-state index is 0.727. The molecule has 2 rings (SSSR count). The molecule has 1 aliphatic carbocycles. The highest BCUT2D eigenvalue weighted by Crippen LogP contribution is 2.19. The van der Waals surface area contributed by atoms with Crippen LogP contribution < -0.4 is 10.1 Å². The van der Waals surface area contributed by atoms with E-state index in [1.54, 1.807) is 0 Å². The molecule has 1 aromatic rings. The molecule has 2 heteroatoms. The van der Waals surface area contributed by atoms with Crippen LogP contribution >= 0.6 is 0 Å². The van der Waals surface area contributed by atoms with Gasteiger partial charge in [-0.1, -0.05) is 30.4 Å². The molecule has 1 N–H and O–H groups in total. The van der Waals surface area contributed by atoms with E-state index < -0.39 is 0 Å². The Kier molecular flexibility index (Phi) is 5.28. The molecule has 1 aliphatic rings. The van der Waals surface area contributed by atoms with Crippen LogP contribution in [0.1, 0.15) is 31.7 Å². The molecule has 98 valence electrons. The van der Waals surface area contributed by atoms with Crippen LogP contribution in [0.2, 0.25) is 0 Å². The molecular weight excluding hydrogens is 222 g/mol. The van der Waals surface area contributed by atoms with Crippen LogP contribution in [0.15, 0.2) is 36.4 Å². The molecular formula is C16H23NO. The van der Waals surface area contributed by atoms with Gasteiger partial charge in [0.05, 0.1) is 6.61 Å². The van der Waals surface area contributed by atoms with E-state index in [-0.39, 0.29) is 0 Å². The van der Waals surface area contributed by atoms with Crippen molar-refractivity contribution >= 4 is 0 Å². The molecule has 18 heavy (non-hydrogen) atoms. The third-order valence-corrected chi connectivity index (χ3v) is 3.40. The largest absolute Gasteiger partial charge is 0.494 e. The Balaban J connectivity index is 1.80. The molecule has 0 fully saturated rings. The molecule has 0 saturated carbocycles. The van der Waals surface area contributed by atoms with Crippen LogP contribution in [0, 0.1) is 5.92 Å². The van der Waals surface area contributed by atoms with Crippen LogP contribution in [-0.2, 0) is 6.54 Å². The van der Waals surface area contributed by atoms with Gasteiger partial charge in [-0.3, -0.25) is 0 Å². The van der Waals surface area contributed by atoms with Gasteiger partial charge in [0.25, 0.3) is 0 Å². The fourth-order valence-electron chi connectivity index (χ4n) is 2.40. The van der Waals surface area contributed by atoms with Crippen molar-refractivity contribution in [3.63, 3.8) is 0 Å². The molecule has 2 nitrogen and oxygen atoms in total. The van der Waals surface area contributed by atoms with E-state index in [2.05, 4.69) is 29.6 Å². The monoisotopic (exact) mass is 245 g/mol. The minimum atomic E-state index is 0.727. The summed E-state index contributed by atoms with van der Waals surface area (Å²) in [6.07, 6.45) is 8.38. The van der Waals surface area contributed by atoms with Crippen LogP contribution in [-0.4, -0.2) is 13.2 Å². The lowest BCUT2D eigenvalue weighted by molar-refractivity contribution is 0.334. The Morgan fingerprint density at radius 2 is 2.17 bits per heavy atom. The first kappa shape index (κ1) is 13.2. The number of ether oxygens (including phenoxy) is 1. The number of nitrogens with one attached hydrogen (secondary N) is 1. The molecule has 1 unspecified atom stereocenters. The molecule has 0 aromatic heterocycles. The Hall–Kier alpha value is -1.28. The van der Waals surface area contributed by atoms with Crippen molar-refractivity contribution in [3.05, 3.63) is 42.0 Å². The SMILES string of the molecule is CCOc1ccccc1CNCC1CC=CCC1. The molecule has 0 amide bonds. The number of hydrogen-bond donors (Lipinski definition) is 1. The van der Waals surface area contributed by atoms with E-state index in [9.17, 15) is 0 Å². The van der Waals surface area contributed by atoms with E-state index in [0.717, 1.165) is 31.4 Å². The molecule has 0 radical (unpaired) electrons. The predicted molar refractivity (Wildman–Crippen MR) is 75.8 cm³/mol. The first-order chi connectivity index (χ1) is 8.90. The Bertz CT molecular complexity index is 386. The second kappa shape index (κ2) is 7.22. The van der Waals surface area contributed by atoms with Crippen molar-refractivity contribution < 1.29 is 4.74 Å². The van der Waals surface area contributed by atoms with Crippen molar-refractivity contribution in [3.8, 4) is 5.75 Å². The molecule has 0 heterocycles. The van der Waals surface area contributed by atoms with E-state index in [1.165, 1.54) is 24.8 Å². The van der Waals surface area contributed by atoms with Gasteiger partial charge in [-0.2, -0.15) is 0 Å². The second-order valence-electron chi connectivity index (χ2n) is 4.82. The second-order valence-corrected chi connectivity index (χ2v) is 4.82. The number of benzene rings is 1. The number of hydrogen-bond acceptors (Lipinski definition) is 2. The van der Waals surface area contributed by atoms with Gasteiger partial charge >= 0.3 is 0 Å². The molecule has 1 aromatic carbocycles. The zero-order chi connectivity index (χ0) is 12.6. The summed E-state index contributed by atoms with van der Waals surface area (Å²) in [5.74, 6) is 1.81. The van der Waals surface area contributed by atoms with Crippen LogP contribution in [0.5, 0.6) is 5.75 Å². The quantitative estimate of drug-likeness (QED) is 0.774. The van der Waals surface area contributed by atoms with Gasteiger partial charge in [0.2, 0.25) is 0 Å². The summed E-state index contributed by atoms with van der Waals surface area (Å²) in [6, 6.07) is 8.28. The molecule has 0 bridgehead atoms. The highest BCUT2D eigenvalue weighted by Gasteiger charge is 2.09. The Morgan fingerprint density at radius 3 is 2.94 bits per heavy atom. The average Bonchev–Trinajstić information content (AvgIpc) is 2.42. The third-order valence-electron chi connectivity index (χ3n) is 3.40. The van der Waals surface area contributed by atoms with Crippen molar-refractivity contribution in [1.29, 1.82) is 0 Å². The fraction of sp³-hybridized carbons (Fsp3) is 0.500. The van der Waals surface area contributed by atoms with Gasteiger partial charge in [0.1, 0.15) is 5.75 Å². The van der Waals surface area contributed by atoms with Crippen molar-refractivity contribution in [2.75, 3.05) is 13.2 Å². The summed E-state index contributed by atoms with van der Waals surface area (Å²) in [5, 5.41) is 3.56. The summed E-state index contributed by atoms with van der Waals surface area (Å²) in [5.41, 5.74) is 1.26. The average molecular weight is 245 g/mol. The summed E-state index contributed by atoms with van der Waals surface area (Å²) in [4.78, 5) is 0. The summed E-state index contributed by atoms with van der Waals surface area (Å²) < 4.78 is 5.63. The predicted octanol–water partition coefficient (Wildman–Crippen LogP) is 3.53. The van der Waals surface area contributed by atoms with Gasteiger partial charge in [0.15, 0.2) is 0 Å². The molecule has 0 aliphatic heterocycles. The molecule has 0 saturated heterocycles. The first-order valence-corrected chi connectivity index (χ1v) is 6.96. The molecule has 1 atom stereocenters. The number of para-hydroxylation sites is 1. The summed E-state index contributed by atoms with van der Waals surface area (Å²) >= 11 is 0. The zero-order valence-corrected chi connectivity index (χ0v) is 11.2. The van der Waals surface area contributed by atoms with Gasteiger partial charge in [0, 0.05) is 12.1 Å². The normalized spacial score (nSPS) is 18.8. The van der Waals surface area contributed by atoms with Gasteiger partial charge in [-0.15, -0.1) is 0 Å². The highest BCUT2D eigenvalue weighted by molar-refractivity contribution is 5.33. The van der Waals surface area contributed by atoms with Gasteiger partial charge in [-0.05, 0) is 44.7 Å². The molecule has 0 spiro atoms. The maximum absolute atomic E-state index is 5.63. The van der Waals surface area contributed by atoms with E-state index >= 15 is 0 Å². The topological polar surface area (TPSA) is 21.3 Å². The van der Waals surface area contributed by atoms with Crippen molar-refractivity contribution in [2.45, 2.75) is 32.7 Å². The standard InChI is InChI=1S/C16H23NO/c1-2-18-16-11-7-6-10-15(16)13-17-12-14-8-4-3-5-9-14/h3-4,6-7,10-11,14,17H,2,5,8-9,12-13H2,1H3. The van der Waals surface area contributed by atoms with E-state index in [4.69, 9.17) is 4.74 Å². The van der Waals surface area contributed by atoms with Crippen molar-refractivity contribution in [1.82, 2.24) is 5.32 Å². The lowest BCUT2D eigenvalue weighted by Gasteiger charge is -2.18. The van der Waals surface area contributed by atoms with E-state index in [1.807, 2.05) is 19.1 Å². The minimum Gasteiger partial charge on any atom is -0.494 e. The van der Waals surface area contributed by atoms with Gasteiger partial charge in [-0.25, -0.2) is 0 Å². The van der Waals surface area contributed by atoms with Crippen LogP contribution in [0.4, 0.5) is 0 Å². The van der Waals surface area contributed by atoms with E-state index in [0.29, 0.717) is 0 Å². The lowest BCUT2D eigenvalue weighted by atomic mass is 9.94. The third kappa shape index (κ3) is 3.88. The smallest absolute Gasteiger partial charge is 0.123 e. The Labute approximate surface area is 110 Å². The maximum Gasteiger partial charge on any atom is 0.123 e. The zero-order valence-electron chi connectivity index (χ0n) is 11.2. The fourth-order valence-corrected chi connectivity index (χ4v) is 2.40. The maximum atomic E-state index is 5.63. The van der Waals surface area contributed by atoms with Crippen LogP contribution in [0.3, 0.4) is 0 Å². The highest BCUT2D eigenvalue weighted by atomic mass is 16.5. The van der Waals surface area contributed by atoms with Crippen LogP contribution in [0.25, 0.3) is 0 Å². The lowest BCUT2D eigenvalue weighted by Crippen LogP contribution is -2.23. The Morgan fingerprint density at radius 1 is 1.28 bits per heavy atom. The first-order valence-electron chi connectivity index (χ1n) is 6.96. The number of allylic oxidation sites excluding steroid dienone is 2. The number of rotatable bonds is 6. The van der Waals surface area contributed by atoms with Crippen molar-refractivity contribution in [2.24, 2.45) is 5.92 Å².